The third-order valence-corrected chi connectivity index (χ3v) is 3.70. The van der Waals surface area contributed by atoms with Gasteiger partial charge in [0.25, 0.3) is 0 Å². The molecular formula is C15H16ClN3O. The number of aryl methyl sites for hydroxylation is 1. The normalized spacial score (nSPS) is 12.9. The second kappa shape index (κ2) is 5.31. The molecule has 20 heavy (non-hydrogen) atoms. The molecule has 104 valence electrons. The molecule has 0 aliphatic carbocycles. The van der Waals surface area contributed by atoms with Gasteiger partial charge in [0.05, 0.1) is 29.2 Å². The Bertz CT molecular complexity index is 732. The van der Waals surface area contributed by atoms with Crippen LogP contribution in [0, 0.1) is 0 Å². The van der Waals surface area contributed by atoms with Gasteiger partial charge in [0.2, 0.25) is 0 Å². The molecule has 0 saturated heterocycles. The molecule has 0 amide bonds. The van der Waals surface area contributed by atoms with E-state index in [1.54, 1.807) is 12.5 Å². The third kappa shape index (κ3) is 2.11. The fraction of sp³-hybridized carbons (Fsp3) is 0.267. The molecule has 1 atom stereocenters. The second-order valence-electron chi connectivity index (χ2n) is 4.77. The molecule has 1 unspecified atom stereocenters. The second-order valence-corrected chi connectivity index (χ2v) is 5.17. The zero-order valence-corrected chi connectivity index (χ0v) is 12.0. The van der Waals surface area contributed by atoms with E-state index in [-0.39, 0.29) is 6.04 Å². The van der Waals surface area contributed by atoms with E-state index < -0.39 is 0 Å². The number of para-hydroxylation sites is 1. The van der Waals surface area contributed by atoms with Crippen LogP contribution < -0.4 is 5.73 Å². The number of benzene rings is 1. The maximum absolute atomic E-state index is 6.40. The number of aromatic nitrogens is 2. The molecule has 5 heteroatoms. The number of halogens is 1. The van der Waals surface area contributed by atoms with Gasteiger partial charge in [-0.05, 0) is 12.5 Å². The van der Waals surface area contributed by atoms with Crippen molar-refractivity contribution in [1.29, 1.82) is 0 Å². The lowest BCUT2D eigenvalue weighted by molar-refractivity contribution is 0.555. The van der Waals surface area contributed by atoms with Gasteiger partial charge in [0.1, 0.15) is 5.58 Å². The Morgan fingerprint density at radius 3 is 3.00 bits per heavy atom. The molecule has 2 N–H and O–H groups in total. The molecule has 4 nitrogen and oxygen atoms in total. The lowest BCUT2D eigenvalue weighted by Crippen LogP contribution is -2.17. The van der Waals surface area contributed by atoms with Crippen LogP contribution in [-0.2, 0) is 6.54 Å². The number of rotatable bonds is 4. The Morgan fingerprint density at radius 1 is 1.40 bits per heavy atom. The van der Waals surface area contributed by atoms with Gasteiger partial charge in [-0.1, -0.05) is 36.7 Å². The van der Waals surface area contributed by atoms with Gasteiger partial charge in [0, 0.05) is 17.5 Å². The summed E-state index contributed by atoms with van der Waals surface area (Å²) in [6.07, 6.45) is 4.33. The van der Waals surface area contributed by atoms with Gasteiger partial charge in [-0.3, -0.25) is 4.68 Å². The fourth-order valence-corrected chi connectivity index (χ4v) is 2.72. The first-order chi connectivity index (χ1) is 9.72. The maximum Gasteiger partial charge on any atom is 0.134 e. The van der Waals surface area contributed by atoms with Crippen LogP contribution >= 0.6 is 11.6 Å². The molecule has 0 fully saturated rings. The van der Waals surface area contributed by atoms with Crippen LogP contribution in [0.5, 0.6) is 0 Å². The van der Waals surface area contributed by atoms with Crippen molar-refractivity contribution in [2.24, 2.45) is 5.73 Å². The Balaban J connectivity index is 2.08. The number of hydrogen-bond donors (Lipinski definition) is 1. The Labute approximate surface area is 122 Å². The summed E-state index contributed by atoms with van der Waals surface area (Å²) in [6, 6.07) is 7.49. The average Bonchev–Trinajstić information content (AvgIpc) is 3.03. The van der Waals surface area contributed by atoms with E-state index in [1.165, 1.54) is 0 Å². The van der Waals surface area contributed by atoms with E-state index in [9.17, 15) is 0 Å². The van der Waals surface area contributed by atoms with Crippen molar-refractivity contribution in [3.63, 3.8) is 0 Å². The predicted octanol–water partition coefficient (Wildman–Crippen LogP) is 3.74. The van der Waals surface area contributed by atoms with E-state index >= 15 is 0 Å². The van der Waals surface area contributed by atoms with Gasteiger partial charge in [-0.15, -0.1) is 0 Å². The monoisotopic (exact) mass is 289 g/mol. The van der Waals surface area contributed by atoms with E-state index in [0.717, 1.165) is 35.2 Å². The molecule has 0 aliphatic rings. The highest BCUT2D eigenvalue weighted by molar-refractivity contribution is 6.31. The minimum Gasteiger partial charge on any atom is -0.464 e. The number of nitrogens with zero attached hydrogens (tertiary/aromatic N) is 2. The fourth-order valence-electron chi connectivity index (χ4n) is 2.46. The number of hydrogen-bond acceptors (Lipinski definition) is 3. The van der Waals surface area contributed by atoms with Crippen LogP contribution in [0.15, 0.2) is 41.1 Å². The van der Waals surface area contributed by atoms with Crippen molar-refractivity contribution >= 4 is 22.6 Å². The molecule has 2 heterocycles. The summed E-state index contributed by atoms with van der Waals surface area (Å²) in [5.41, 5.74) is 8.99. The standard InChI is InChI=1S/C15H16ClN3O/c1-2-7-19-15(12(16)8-18-19)14(17)11-9-20-13-6-4-3-5-10(11)13/h3-6,8-9,14H,2,7,17H2,1H3. The first-order valence-corrected chi connectivity index (χ1v) is 7.03. The van der Waals surface area contributed by atoms with Crippen LogP contribution in [0.1, 0.15) is 30.6 Å². The minimum absolute atomic E-state index is 0.347. The van der Waals surface area contributed by atoms with Crippen molar-refractivity contribution in [1.82, 2.24) is 9.78 Å². The molecule has 0 aliphatic heterocycles. The van der Waals surface area contributed by atoms with E-state index in [4.69, 9.17) is 21.8 Å². The van der Waals surface area contributed by atoms with Crippen molar-refractivity contribution in [3.05, 3.63) is 53.0 Å². The van der Waals surface area contributed by atoms with Gasteiger partial charge in [0.15, 0.2) is 0 Å². The Morgan fingerprint density at radius 2 is 2.20 bits per heavy atom. The Kier molecular flexibility index (Phi) is 3.51. The number of furan rings is 1. The zero-order chi connectivity index (χ0) is 14.1. The smallest absolute Gasteiger partial charge is 0.134 e. The van der Waals surface area contributed by atoms with Crippen molar-refractivity contribution in [2.75, 3.05) is 0 Å². The summed E-state index contributed by atoms with van der Waals surface area (Å²) in [5, 5.41) is 5.90. The van der Waals surface area contributed by atoms with Crippen LogP contribution in [0.25, 0.3) is 11.0 Å². The van der Waals surface area contributed by atoms with Gasteiger partial charge in [-0.25, -0.2) is 0 Å². The summed E-state index contributed by atoms with van der Waals surface area (Å²) < 4.78 is 7.42. The van der Waals surface area contributed by atoms with Gasteiger partial charge >= 0.3 is 0 Å². The van der Waals surface area contributed by atoms with E-state index in [1.807, 2.05) is 28.9 Å². The minimum atomic E-state index is -0.347. The highest BCUT2D eigenvalue weighted by atomic mass is 35.5. The average molecular weight is 290 g/mol. The van der Waals surface area contributed by atoms with E-state index in [0.29, 0.717) is 5.02 Å². The Hall–Kier alpha value is -1.78. The molecular weight excluding hydrogens is 274 g/mol. The highest BCUT2D eigenvalue weighted by Crippen LogP contribution is 2.32. The number of fused-ring (bicyclic) bond motifs is 1. The molecule has 0 radical (unpaired) electrons. The van der Waals surface area contributed by atoms with Crippen LogP contribution in [0.4, 0.5) is 0 Å². The quantitative estimate of drug-likeness (QED) is 0.796. The summed E-state index contributed by atoms with van der Waals surface area (Å²) >= 11 is 6.25. The molecule has 2 aromatic heterocycles. The molecule has 3 rings (SSSR count). The molecule has 3 aromatic rings. The first-order valence-electron chi connectivity index (χ1n) is 6.65. The summed E-state index contributed by atoms with van der Waals surface area (Å²) in [5.74, 6) is 0. The third-order valence-electron chi connectivity index (χ3n) is 3.41. The zero-order valence-electron chi connectivity index (χ0n) is 11.2. The van der Waals surface area contributed by atoms with E-state index in [2.05, 4.69) is 12.0 Å². The lowest BCUT2D eigenvalue weighted by Gasteiger charge is -2.13. The van der Waals surface area contributed by atoms with Crippen molar-refractivity contribution < 1.29 is 4.42 Å². The van der Waals surface area contributed by atoms with Crippen LogP contribution in [0.3, 0.4) is 0 Å². The van der Waals surface area contributed by atoms with Crippen molar-refractivity contribution in [3.8, 4) is 0 Å². The number of nitrogens with two attached hydrogens (primary N) is 1. The molecule has 0 bridgehead atoms. The summed E-state index contributed by atoms with van der Waals surface area (Å²) in [6.45, 7) is 2.89. The predicted molar refractivity (Wildman–Crippen MR) is 79.8 cm³/mol. The molecule has 0 spiro atoms. The summed E-state index contributed by atoms with van der Waals surface area (Å²) in [7, 11) is 0. The maximum atomic E-state index is 6.40. The van der Waals surface area contributed by atoms with Gasteiger partial charge < -0.3 is 10.2 Å². The van der Waals surface area contributed by atoms with Crippen LogP contribution in [-0.4, -0.2) is 9.78 Å². The highest BCUT2D eigenvalue weighted by Gasteiger charge is 2.21. The largest absolute Gasteiger partial charge is 0.464 e. The molecule has 0 saturated carbocycles. The first kappa shape index (κ1) is 13.2. The molecule has 1 aromatic carbocycles. The topological polar surface area (TPSA) is 57.0 Å². The van der Waals surface area contributed by atoms with Crippen molar-refractivity contribution in [2.45, 2.75) is 25.9 Å². The summed E-state index contributed by atoms with van der Waals surface area (Å²) in [4.78, 5) is 0. The lowest BCUT2D eigenvalue weighted by atomic mass is 10.0. The SMILES string of the molecule is CCCn1ncc(Cl)c1C(N)c1coc2ccccc12. The van der Waals surface area contributed by atoms with Gasteiger partial charge in [-0.2, -0.15) is 5.10 Å². The van der Waals surface area contributed by atoms with Crippen LogP contribution in [0.2, 0.25) is 5.02 Å².